The molecule has 0 fully saturated rings. The number of ether oxygens (including phenoxy) is 1. The van der Waals surface area contributed by atoms with Crippen molar-refractivity contribution in [3.05, 3.63) is 59.7 Å². The van der Waals surface area contributed by atoms with E-state index in [0.717, 1.165) is 4.90 Å². The lowest BCUT2D eigenvalue weighted by molar-refractivity contribution is -0.158. The molecule has 3 N–H and O–H groups in total. The number of hydrogen-bond acceptors (Lipinski definition) is 7. The van der Waals surface area contributed by atoms with Crippen LogP contribution in [0.1, 0.15) is 41.5 Å². The molecule has 0 radical (unpaired) electrons. The summed E-state index contributed by atoms with van der Waals surface area (Å²) in [5, 5.41) is 7.53. The van der Waals surface area contributed by atoms with Crippen LogP contribution in [0.5, 0.6) is 0 Å². The summed E-state index contributed by atoms with van der Waals surface area (Å²) in [5.41, 5.74) is 0.667. The molecule has 2 aromatic carbocycles. The Labute approximate surface area is 190 Å². The molecule has 11 heteroatoms. The number of hydrogen-bond donors (Lipinski definition) is 2. The Morgan fingerprint density at radius 3 is 1.91 bits per heavy atom. The van der Waals surface area contributed by atoms with Crippen LogP contribution in [-0.2, 0) is 24.3 Å². The van der Waals surface area contributed by atoms with E-state index in [9.17, 15) is 27.6 Å². The predicted molar refractivity (Wildman–Crippen MR) is 118 cm³/mol. The van der Waals surface area contributed by atoms with Crippen LogP contribution in [0.15, 0.2) is 53.4 Å². The van der Waals surface area contributed by atoms with Crippen molar-refractivity contribution in [3.63, 3.8) is 0 Å². The normalized spacial score (nSPS) is 15.2. The van der Waals surface area contributed by atoms with Crippen LogP contribution >= 0.6 is 0 Å². The Balaban J connectivity index is 1.71. The van der Waals surface area contributed by atoms with E-state index >= 15 is 0 Å². The molecule has 10 nitrogen and oxygen atoms in total. The first-order valence-corrected chi connectivity index (χ1v) is 11.6. The molecule has 2 aromatic rings. The van der Waals surface area contributed by atoms with Crippen LogP contribution in [0.2, 0.25) is 0 Å². The molecule has 0 unspecified atom stereocenters. The Bertz CT molecular complexity index is 1190. The Morgan fingerprint density at radius 2 is 1.45 bits per heavy atom. The zero-order valence-corrected chi connectivity index (χ0v) is 19.0. The number of benzene rings is 2. The summed E-state index contributed by atoms with van der Waals surface area (Å²) in [6, 6.07) is 10.2. The molecule has 1 aliphatic heterocycles. The fourth-order valence-corrected chi connectivity index (χ4v) is 3.92. The molecule has 3 rings (SSSR count). The molecular formula is C22H23N3O7S. The average molecular weight is 474 g/mol. The number of nitrogens with one attached hydrogen (secondary N) is 1. The molecule has 0 aromatic heterocycles. The molecule has 174 valence electrons. The van der Waals surface area contributed by atoms with Crippen molar-refractivity contribution >= 4 is 39.4 Å². The third-order valence-corrected chi connectivity index (χ3v) is 6.02. The third-order valence-electron chi connectivity index (χ3n) is 5.09. The second kappa shape index (κ2) is 9.12. The van der Waals surface area contributed by atoms with Gasteiger partial charge in [0.25, 0.3) is 17.7 Å². The highest BCUT2D eigenvalue weighted by atomic mass is 32.2. The lowest BCUT2D eigenvalue weighted by Gasteiger charge is -2.28. The van der Waals surface area contributed by atoms with Crippen molar-refractivity contribution in [3.8, 4) is 0 Å². The smallest absolute Gasteiger partial charge is 0.330 e. The van der Waals surface area contributed by atoms with Crippen molar-refractivity contribution < 1.29 is 32.3 Å². The summed E-state index contributed by atoms with van der Waals surface area (Å²) in [4.78, 5) is 51.7. The van der Waals surface area contributed by atoms with E-state index < -0.39 is 51.8 Å². The van der Waals surface area contributed by atoms with Gasteiger partial charge < -0.3 is 10.1 Å². The first-order chi connectivity index (χ1) is 15.4. The van der Waals surface area contributed by atoms with Gasteiger partial charge in [0.1, 0.15) is 6.04 Å². The third kappa shape index (κ3) is 4.94. The van der Waals surface area contributed by atoms with Crippen LogP contribution in [0.4, 0.5) is 5.69 Å². The standard InChI is InChI=1S/C22H23N3O7S/c1-12(2)18(25-20(27)16-6-4-5-7-17(16)21(25)28)22(29)32-13(3)19(26)24-14-8-10-15(11-9-14)33(23,30)31/h4-13,18H,1-3H3,(H,24,26)(H2,23,30,31)/t13-,18-/m1/s1. The van der Waals surface area contributed by atoms with Crippen molar-refractivity contribution in [2.75, 3.05) is 5.32 Å². The van der Waals surface area contributed by atoms with E-state index in [-0.39, 0.29) is 21.7 Å². The number of fused-ring (bicyclic) bond motifs is 1. The van der Waals surface area contributed by atoms with Crippen LogP contribution < -0.4 is 10.5 Å². The van der Waals surface area contributed by atoms with Crippen molar-refractivity contribution in [1.29, 1.82) is 0 Å². The van der Waals surface area contributed by atoms with E-state index in [2.05, 4.69) is 5.32 Å². The van der Waals surface area contributed by atoms with E-state index in [1.165, 1.54) is 43.3 Å². The van der Waals surface area contributed by atoms with Gasteiger partial charge in [0.2, 0.25) is 10.0 Å². The summed E-state index contributed by atoms with van der Waals surface area (Å²) in [7, 11) is -3.88. The van der Waals surface area contributed by atoms with Gasteiger partial charge in [-0.15, -0.1) is 0 Å². The number of imide groups is 1. The summed E-state index contributed by atoms with van der Waals surface area (Å²) < 4.78 is 27.9. The minimum Gasteiger partial charge on any atom is -0.451 e. The Hall–Kier alpha value is -3.57. The SMILES string of the molecule is CC(C)[C@H](C(=O)O[C@H](C)C(=O)Nc1ccc(S(N)(=O)=O)cc1)N1C(=O)c2ccccc2C1=O. The highest BCUT2D eigenvalue weighted by Crippen LogP contribution is 2.28. The van der Waals surface area contributed by atoms with Gasteiger partial charge in [0.15, 0.2) is 6.10 Å². The lowest BCUT2D eigenvalue weighted by Crippen LogP contribution is -2.50. The van der Waals surface area contributed by atoms with Gasteiger partial charge in [0.05, 0.1) is 16.0 Å². The number of carbonyl (C=O) groups excluding carboxylic acids is 4. The maximum absolute atomic E-state index is 12.9. The molecule has 0 saturated carbocycles. The van der Waals surface area contributed by atoms with Gasteiger partial charge in [-0.1, -0.05) is 26.0 Å². The first kappa shape index (κ1) is 24.1. The number of esters is 1. The van der Waals surface area contributed by atoms with E-state index in [1.54, 1.807) is 26.0 Å². The van der Waals surface area contributed by atoms with Crippen molar-refractivity contribution in [2.24, 2.45) is 11.1 Å². The number of amides is 3. The summed E-state index contributed by atoms with van der Waals surface area (Å²) in [6.07, 6.45) is -1.26. The second-order valence-electron chi connectivity index (χ2n) is 7.85. The largest absolute Gasteiger partial charge is 0.451 e. The molecule has 3 amide bonds. The molecule has 0 aliphatic carbocycles. The molecule has 33 heavy (non-hydrogen) atoms. The maximum atomic E-state index is 12.9. The zero-order chi connectivity index (χ0) is 24.5. The van der Waals surface area contributed by atoms with Gasteiger partial charge in [-0.25, -0.2) is 18.4 Å². The number of sulfonamides is 1. The average Bonchev–Trinajstić information content (AvgIpc) is 2.99. The lowest BCUT2D eigenvalue weighted by atomic mass is 10.0. The predicted octanol–water partition coefficient (Wildman–Crippen LogP) is 1.53. The Morgan fingerprint density at radius 1 is 0.939 bits per heavy atom. The fraction of sp³-hybridized carbons (Fsp3) is 0.273. The number of carbonyl (C=O) groups is 4. The zero-order valence-electron chi connectivity index (χ0n) is 18.1. The van der Waals surface area contributed by atoms with Crippen LogP contribution in [0.3, 0.4) is 0 Å². The van der Waals surface area contributed by atoms with E-state index in [0.29, 0.717) is 0 Å². The topological polar surface area (TPSA) is 153 Å². The van der Waals surface area contributed by atoms with Crippen LogP contribution in [0, 0.1) is 5.92 Å². The molecular weight excluding hydrogens is 450 g/mol. The number of nitrogens with zero attached hydrogens (tertiary/aromatic N) is 1. The van der Waals surface area contributed by atoms with Crippen LogP contribution in [-0.4, -0.2) is 49.2 Å². The minimum atomic E-state index is -3.88. The summed E-state index contributed by atoms with van der Waals surface area (Å²) in [6.45, 7) is 4.66. The van der Waals surface area contributed by atoms with Gasteiger partial charge in [-0.05, 0) is 49.2 Å². The molecule has 1 aliphatic rings. The van der Waals surface area contributed by atoms with E-state index in [4.69, 9.17) is 9.88 Å². The fourth-order valence-electron chi connectivity index (χ4n) is 3.41. The summed E-state index contributed by atoms with van der Waals surface area (Å²) in [5.74, 6) is -3.25. The highest BCUT2D eigenvalue weighted by molar-refractivity contribution is 7.89. The van der Waals surface area contributed by atoms with Gasteiger partial charge in [-0.2, -0.15) is 0 Å². The van der Waals surface area contributed by atoms with Gasteiger partial charge in [0, 0.05) is 5.69 Å². The second-order valence-corrected chi connectivity index (χ2v) is 9.41. The molecule has 0 spiro atoms. The number of nitrogens with two attached hydrogens (primary N) is 1. The molecule has 2 atom stereocenters. The van der Waals surface area contributed by atoms with Crippen LogP contribution in [0.25, 0.3) is 0 Å². The quantitative estimate of drug-likeness (QED) is 0.457. The minimum absolute atomic E-state index is 0.124. The Kier molecular flexibility index (Phi) is 6.65. The van der Waals surface area contributed by atoms with E-state index in [1.807, 2.05) is 0 Å². The molecule has 0 bridgehead atoms. The monoisotopic (exact) mass is 473 g/mol. The summed E-state index contributed by atoms with van der Waals surface area (Å²) >= 11 is 0. The highest BCUT2D eigenvalue weighted by Gasteiger charge is 2.45. The number of rotatable bonds is 7. The number of primary sulfonamides is 1. The maximum Gasteiger partial charge on any atom is 0.330 e. The van der Waals surface area contributed by atoms with Crippen molar-refractivity contribution in [2.45, 2.75) is 37.8 Å². The molecule has 1 heterocycles. The number of anilines is 1. The molecule has 0 saturated heterocycles. The van der Waals surface area contributed by atoms with Gasteiger partial charge >= 0.3 is 5.97 Å². The van der Waals surface area contributed by atoms with Gasteiger partial charge in [-0.3, -0.25) is 19.3 Å². The first-order valence-electron chi connectivity index (χ1n) is 10.0. The van der Waals surface area contributed by atoms with Crippen molar-refractivity contribution in [1.82, 2.24) is 4.90 Å².